The fourth-order valence-electron chi connectivity index (χ4n) is 7.28. The molecule has 4 amide bonds. The van der Waals surface area contributed by atoms with Crippen molar-refractivity contribution >= 4 is 117 Å². The van der Waals surface area contributed by atoms with E-state index in [-0.39, 0.29) is 67.1 Å². The zero-order valence-electron chi connectivity index (χ0n) is 35.5. The molecule has 29 heteroatoms. The molecular weight excluding hydrogens is 965 g/mol. The zero-order valence-corrected chi connectivity index (χ0v) is 37.1. The number of nitro groups is 2. The number of carbonyl (C=O) groups excluding carboxylic acids is 3. The van der Waals surface area contributed by atoms with Gasteiger partial charge in [0.15, 0.2) is 12.1 Å². The van der Waals surface area contributed by atoms with Gasteiger partial charge in [0, 0.05) is 80.9 Å². The zero-order chi connectivity index (χ0) is 50.6. The van der Waals surface area contributed by atoms with E-state index in [2.05, 4.69) is 41.6 Å². The van der Waals surface area contributed by atoms with Gasteiger partial charge in [-0.1, -0.05) is 0 Å². The number of aromatic hydroxyl groups is 2. The van der Waals surface area contributed by atoms with Gasteiger partial charge in [-0.15, -0.1) is 0 Å². The third-order valence-electron chi connectivity index (χ3n) is 10.6. The standard InChI is InChI=1S/C41H30N12O15S2/c1-19-35(44-46-37-27-13-11-25(52(59)60)15-29(27)33(17-31(37)54)69(63,64)65)39(56)50(48-19)23-7-3-21(4-8-23)42-41(58)43-22-5-9-24(10-6-22)51-40(57)36(20(2)49-51)45-47-38-28-14-12-26(53(61)62)16-30(28)34(18-32(38)55)70(66,67)68/h3-18,35-36H,1-2H3,(H6,42,43,44,45,54,55,58,63,64,65,66,67,68)/p+1. The van der Waals surface area contributed by atoms with Crippen molar-refractivity contribution in [2.24, 2.45) is 25.4 Å². The Bertz CT molecular complexity index is 3640. The Balaban J connectivity index is 0.906. The first kappa shape index (κ1) is 47.5. The van der Waals surface area contributed by atoms with Gasteiger partial charge in [-0.05, 0) is 67.1 Å². The van der Waals surface area contributed by atoms with Crippen LogP contribution in [0.5, 0.6) is 11.5 Å². The molecule has 7 N–H and O–H groups in total. The van der Waals surface area contributed by atoms with Crippen molar-refractivity contribution in [3.8, 4) is 11.5 Å². The smallest absolute Gasteiger partial charge is 0.442 e. The van der Waals surface area contributed by atoms with Gasteiger partial charge in [-0.3, -0.25) is 34.1 Å². The van der Waals surface area contributed by atoms with Crippen LogP contribution in [-0.2, 0) is 29.8 Å². The molecule has 0 radical (unpaired) electrons. The molecule has 2 unspecified atom stereocenters. The quantitative estimate of drug-likeness (QED) is 0.0173. The van der Waals surface area contributed by atoms with Crippen LogP contribution in [0.15, 0.2) is 132 Å². The number of amides is 4. The van der Waals surface area contributed by atoms with Crippen LogP contribution in [0.1, 0.15) is 13.8 Å². The van der Waals surface area contributed by atoms with Crippen LogP contribution < -0.4 is 21.2 Å². The van der Waals surface area contributed by atoms with Crippen LogP contribution in [0.2, 0.25) is 0 Å². The number of nitrogens with one attached hydrogen (secondary N) is 3. The van der Waals surface area contributed by atoms with Crippen LogP contribution in [0, 0.1) is 20.2 Å². The van der Waals surface area contributed by atoms with Gasteiger partial charge in [0.05, 0.1) is 32.6 Å². The summed E-state index contributed by atoms with van der Waals surface area (Å²) in [6, 6.07) is 10.1. The number of hydrazine groups is 1. The number of nitrogens with zero attached hydrogens (tertiary/aromatic N) is 9. The second kappa shape index (κ2) is 17.9. The molecule has 0 spiro atoms. The molecule has 70 heavy (non-hydrogen) atoms. The normalized spacial score (nSPS) is 17.2. The number of fused-ring (bicyclic) bond motifs is 2. The van der Waals surface area contributed by atoms with Crippen molar-refractivity contribution in [3.05, 3.63) is 117 Å². The van der Waals surface area contributed by atoms with Gasteiger partial charge >= 0.3 is 11.9 Å². The summed E-state index contributed by atoms with van der Waals surface area (Å²) >= 11 is 0. The third kappa shape index (κ3) is 9.17. The number of phenolic OH excluding ortho intramolecular Hbond substituents is 2. The Hall–Kier alpha value is -9.03. The van der Waals surface area contributed by atoms with E-state index in [4.69, 9.17) is 0 Å². The largest absolute Gasteiger partial charge is 0.506 e. The monoisotopic (exact) mass is 995 g/mol. The van der Waals surface area contributed by atoms with E-state index in [0.717, 1.165) is 46.1 Å². The van der Waals surface area contributed by atoms with E-state index >= 15 is 0 Å². The Labute approximate surface area is 391 Å². The van der Waals surface area contributed by atoms with Crippen molar-refractivity contribution in [1.82, 2.24) is 5.43 Å². The molecule has 1 aliphatic carbocycles. The Morgan fingerprint density at radius 3 is 1.93 bits per heavy atom. The summed E-state index contributed by atoms with van der Waals surface area (Å²) in [4.78, 5) is 63.4. The number of anilines is 3. The molecule has 0 saturated heterocycles. The second-order valence-electron chi connectivity index (χ2n) is 15.1. The highest BCUT2D eigenvalue weighted by Gasteiger charge is 2.42. The number of phenols is 2. The third-order valence-corrected chi connectivity index (χ3v) is 12.4. The maximum atomic E-state index is 13.5. The van der Waals surface area contributed by atoms with Crippen LogP contribution in [0.3, 0.4) is 0 Å². The highest BCUT2D eigenvalue weighted by Crippen LogP contribution is 2.42. The topological polar surface area (TPSA) is 391 Å². The molecule has 5 aromatic rings. The summed E-state index contributed by atoms with van der Waals surface area (Å²) in [7, 11) is -9.89. The molecule has 2 heterocycles. The fourth-order valence-corrected chi connectivity index (χ4v) is 8.70. The number of aliphatic imine (C=N–C) groups is 1. The number of carbonyl (C=O) groups is 3. The van der Waals surface area contributed by atoms with E-state index < -0.39 is 92.7 Å². The minimum absolute atomic E-state index is 0.0457. The number of nitro benzene ring substituents is 2. The molecule has 3 aliphatic rings. The fraction of sp³-hybridized carbons (Fsp3) is 0.0976. The first-order valence-electron chi connectivity index (χ1n) is 19.8. The first-order valence-corrected chi connectivity index (χ1v) is 22.6. The van der Waals surface area contributed by atoms with E-state index in [9.17, 15) is 70.8 Å². The van der Waals surface area contributed by atoms with E-state index in [1.165, 1.54) is 62.4 Å². The SMILES string of the molecule is CC1=NN(c2ccc(NC(=O)N=C3C=CC(=[N+]4N=C(C)C(NNc5c(O)cc(S(=O)(=O)O)c6cc([N+](=O)[O-])ccc56)C4=O)C=C3)cc2)C(=O)C1N=Nc1c(O)cc(S(=O)(=O)O)c2cc([N+](=O)[O-])ccc12. The lowest BCUT2D eigenvalue weighted by atomic mass is 10.1. The number of rotatable bonds is 11. The van der Waals surface area contributed by atoms with Crippen molar-refractivity contribution in [2.75, 3.05) is 15.8 Å². The predicted molar refractivity (Wildman–Crippen MR) is 248 cm³/mol. The molecule has 8 rings (SSSR count). The number of azo groups is 1. The molecule has 0 aromatic heterocycles. The van der Waals surface area contributed by atoms with Gasteiger partial charge in [0.25, 0.3) is 37.5 Å². The molecule has 5 aromatic carbocycles. The van der Waals surface area contributed by atoms with Crippen LogP contribution in [-0.4, -0.2) is 103 Å². The van der Waals surface area contributed by atoms with E-state index in [1.54, 1.807) is 0 Å². The van der Waals surface area contributed by atoms with Crippen LogP contribution in [0.4, 0.5) is 38.9 Å². The van der Waals surface area contributed by atoms with Crippen molar-refractivity contribution < 1.29 is 65.1 Å². The van der Waals surface area contributed by atoms with E-state index in [0.29, 0.717) is 12.1 Å². The molecule has 356 valence electrons. The molecule has 0 bridgehead atoms. The van der Waals surface area contributed by atoms with Gasteiger partial charge in [-0.25, -0.2) is 15.0 Å². The summed E-state index contributed by atoms with van der Waals surface area (Å²) < 4.78 is 68.6. The summed E-state index contributed by atoms with van der Waals surface area (Å²) in [6.45, 7) is 3.01. The maximum Gasteiger partial charge on any atom is 0.442 e. The van der Waals surface area contributed by atoms with Gasteiger partial charge in [-0.2, -0.15) is 42.2 Å². The predicted octanol–water partition coefficient (Wildman–Crippen LogP) is 5.04. The minimum Gasteiger partial charge on any atom is -0.506 e. The average Bonchev–Trinajstić information content (AvgIpc) is 3.75. The summed E-state index contributed by atoms with van der Waals surface area (Å²) in [6.07, 6.45) is 5.80. The number of allylic oxidation sites excluding steroid dienone is 4. The molecular formula is C41H31N12O15S2+. The molecule has 0 fully saturated rings. The van der Waals surface area contributed by atoms with Crippen molar-refractivity contribution in [3.63, 3.8) is 0 Å². The van der Waals surface area contributed by atoms with Crippen molar-refractivity contribution in [1.29, 1.82) is 0 Å². The number of benzene rings is 5. The number of hydrazone groups is 2. The van der Waals surface area contributed by atoms with Crippen LogP contribution in [0.25, 0.3) is 21.5 Å². The highest BCUT2D eigenvalue weighted by molar-refractivity contribution is 7.86. The maximum absolute atomic E-state index is 13.5. The summed E-state index contributed by atoms with van der Waals surface area (Å²) in [5.74, 6) is -2.71. The average molecular weight is 996 g/mol. The van der Waals surface area contributed by atoms with Crippen LogP contribution >= 0.6 is 0 Å². The number of non-ortho nitro benzene ring substituents is 2. The van der Waals surface area contributed by atoms with Gasteiger partial charge < -0.3 is 21.0 Å². The lowest BCUT2D eigenvalue weighted by Gasteiger charge is -2.16. The summed E-state index contributed by atoms with van der Waals surface area (Å²) in [5.41, 5.74) is 5.26. The van der Waals surface area contributed by atoms with E-state index in [1.807, 2.05) is 0 Å². The lowest BCUT2D eigenvalue weighted by molar-refractivity contribution is -0.445. The molecule has 0 saturated carbocycles. The number of urea groups is 1. The Kier molecular flexibility index (Phi) is 12.1. The van der Waals surface area contributed by atoms with Gasteiger partial charge in [0.1, 0.15) is 32.7 Å². The highest BCUT2D eigenvalue weighted by atomic mass is 32.2. The Morgan fingerprint density at radius 1 is 0.771 bits per heavy atom. The summed E-state index contributed by atoms with van der Waals surface area (Å²) in [5, 5.41) is 63.4. The first-order chi connectivity index (χ1) is 33.0. The lowest BCUT2D eigenvalue weighted by Crippen LogP contribution is -2.44. The van der Waals surface area contributed by atoms with Gasteiger partial charge in [0.2, 0.25) is 5.71 Å². The second-order valence-corrected chi connectivity index (χ2v) is 17.9. The number of hydrogen-bond donors (Lipinski definition) is 7. The number of hydrogen-bond acceptors (Lipinski definition) is 19. The van der Waals surface area contributed by atoms with Crippen molar-refractivity contribution in [2.45, 2.75) is 35.7 Å². The molecule has 27 nitrogen and oxygen atoms in total. The Morgan fingerprint density at radius 2 is 1.34 bits per heavy atom. The molecule has 2 atom stereocenters. The molecule has 2 aliphatic heterocycles. The minimum atomic E-state index is -4.96.